The Kier molecular flexibility index (Phi) is 5.21. The lowest BCUT2D eigenvalue weighted by molar-refractivity contribution is 0.688. The van der Waals surface area contributed by atoms with Crippen LogP contribution in [-0.4, -0.2) is 12.6 Å². The Morgan fingerprint density at radius 3 is 2.53 bits per heavy atom. The molecule has 19 heavy (non-hydrogen) atoms. The van der Waals surface area contributed by atoms with Crippen molar-refractivity contribution < 1.29 is 0 Å². The molecule has 1 aliphatic rings. The van der Waals surface area contributed by atoms with Crippen LogP contribution in [0.25, 0.3) is 0 Å². The first-order chi connectivity index (χ1) is 9.15. The van der Waals surface area contributed by atoms with Gasteiger partial charge in [0, 0.05) is 6.04 Å². The summed E-state index contributed by atoms with van der Waals surface area (Å²) >= 11 is 0. The van der Waals surface area contributed by atoms with E-state index >= 15 is 0 Å². The molecule has 1 aliphatic carbocycles. The van der Waals surface area contributed by atoms with Crippen molar-refractivity contribution >= 4 is 0 Å². The second-order valence-electron chi connectivity index (χ2n) is 6.14. The molecule has 1 heteroatoms. The topological polar surface area (TPSA) is 12.0 Å². The summed E-state index contributed by atoms with van der Waals surface area (Å²) in [5, 5.41) is 3.55. The molecule has 0 aromatic heterocycles. The quantitative estimate of drug-likeness (QED) is 0.562. The second kappa shape index (κ2) is 6.91. The zero-order chi connectivity index (χ0) is 13.7. The maximum atomic E-state index is 3.55. The summed E-state index contributed by atoms with van der Waals surface area (Å²) in [4.78, 5) is 0. The molecule has 1 nitrogen and oxygen atoms in total. The van der Waals surface area contributed by atoms with Gasteiger partial charge >= 0.3 is 0 Å². The Balaban J connectivity index is 1.76. The predicted molar refractivity (Wildman–Crippen MR) is 83.6 cm³/mol. The molecule has 0 unspecified atom stereocenters. The molecule has 0 amide bonds. The SMILES string of the molecule is CC(=CCCNC1CC1)Cc1ccc(C(C)C)cc1. The van der Waals surface area contributed by atoms with Crippen LogP contribution < -0.4 is 5.32 Å². The van der Waals surface area contributed by atoms with Gasteiger partial charge in [0.05, 0.1) is 0 Å². The van der Waals surface area contributed by atoms with Crippen molar-refractivity contribution in [2.75, 3.05) is 6.54 Å². The molecule has 2 rings (SSSR count). The second-order valence-corrected chi connectivity index (χ2v) is 6.14. The monoisotopic (exact) mass is 257 g/mol. The fourth-order valence-electron chi connectivity index (χ4n) is 2.31. The lowest BCUT2D eigenvalue weighted by Crippen LogP contribution is -2.16. The van der Waals surface area contributed by atoms with E-state index in [0.29, 0.717) is 5.92 Å². The maximum Gasteiger partial charge on any atom is 0.00683 e. The summed E-state index contributed by atoms with van der Waals surface area (Å²) in [6.45, 7) is 7.86. The summed E-state index contributed by atoms with van der Waals surface area (Å²) in [6.07, 6.45) is 7.38. The predicted octanol–water partition coefficient (Wildman–Crippen LogP) is 4.44. The van der Waals surface area contributed by atoms with Gasteiger partial charge in [-0.05, 0) is 56.2 Å². The fourth-order valence-corrected chi connectivity index (χ4v) is 2.31. The number of rotatable bonds is 7. The van der Waals surface area contributed by atoms with E-state index in [1.54, 1.807) is 0 Å². The molecular weight excluding hydrogens is 230 g/mol. The van der Waals surface area contributed by atoms with Gasteiger partial charge in [0.25, 0.3) is 0 Å². The lowest BCUT2D eigenvalue weighted by atomic mass is 9.99. The summed E-state index contributed by atoms with van der Waals surface area (Å²) < 4.78 is 0. The van der Waals surface area contributed by atoms with Gasteiger partial charge in [-0.25, -0.2) is 0 Å². The molecule has 0 atom stereocenters. The minimum Gasteiger partial charge on any atom is -0.314 e. The van der Waals surface area contributed by atoms with Gasteiger partial charge in [-0.2, -0.15) is 0 Å². The zero-order valence-electron chi connectivity index (χ0n) is 12.6. The minimum absolute atomic E-state index is 0.624. The van der Waals surface area contributed by atoms with E-state index in [0.717, 1.165) is 25.4 Å². The number of nitrogens with one attached hydrogen (secondary N) is 1. The molecule has 1 aromatic rings. The van der Waals surface area contributed by atoms with E-state index in [-0.39, 0.29) is 0 Å². The minimum atomic E-state index is 0.624. The number of hydrogen-bond acceptors (Lipinski definition) is 1. The van der Waals surface area contributed by atoms with Crippen molar-refractivity contribution in [1.82, 2.24) is 5.32 Å². The van der Waals surface area contributed by atoms with Crippen molar-refractivity contribution in [3.05, 3.63) is 47.0 Å². The van der Waals surface area contributed by atoms with Crippen LogP contribution in [0.3, 0.4) is 0 Å². The fraction of sp³-hybridized carbons (Fsp3) is 0.556. The average molecular weight is 257 g/mol. The summed E-state index contributed by atoms with van der Waals surface area (Å²) in [5.74, 6) is 0.624. The van der Waals surface area contributed by atoms with E-state index < -0.39 is 0 Å². The third-order valence-corrected chi connectivity index (χ3v) is 3.78. The van der Waals surface area contributed by atoms with Gasteiger partial charge in [0.15, 0.2) is 0 Å². The number of allylic oxidation sites excluding steroid dienone is 1. The van der Waals surface area contributed by atoms with Crippen LogP contribution in [0.15, 0.2) is 35.9 Å². The highest BCUT2D eigenvalue weighted by atomic mass is 14.9. The maximum absolute atomic E-state index is 3.55. The zero-order valence-corrected chi connectivity index (χ0v) is 12.6. The van der Waals surface area contributed by atoms with Crippen molar-refractivity contribution in [3.63, 3.8) is 0 Å². The smallest absolute Gasteiger partial charge is 0.00683 e. The van der Waals surface area contributed by atoms with E-state index in [2.05, 4.69) is 56.4 Å². The molecule has 1 aromatic carbocycles. The van der Waals surface area contributed by atoms with E-state index in [1.165, 1.54) is 29.5 Å². The molecule has 0 heterocycles. The van der Waals surface area contributed by atoms with Crippen LogP contribution in [0.5, 0.6) is 0 Å². The molecule has 0 saturated heterocycles. The first-order valence-corrected chi connectivity index (χ1v) is 7.63. The van der Waals surface area contributed by atoms with Crippen LogP contribution >= 0.6 is 0 Å². The van der Waals surface area contributed by atoms with Crippen molar-refractivity contribution in [1.29, 1.82) is 0 Å². The van der Waals surface area contributed by atoms with E-state index in [1.807, 2.05) is 0 Å². The Morgan fingerprint density at radius 2 is 1.95 bits per heavy atom. The third-order valence-electron chi connectivity index (χ3n) is 3.78. The molecule has 0 bridgehead atoms. The Labute approximate surface area is 118 Å². The third kappa shape index (κ3) is 5.20. The molecular formula is C18H27N. The number of benzene rings is 1. The van der Waals surface area contributed by atoms with E-state index in [9.17, 15) is 0 Å². The van der Waals surface area contributed by atoms with Gasteiger partial charge in [-0.1, -0.05) is 49.8 Å². The first-order valence-electron chi connectivity index (χ1n) is 7.63. The Morgan fingerprint density at radius 1 is 1.26 bits per heavy atom. The van der Waals surface area contributed by atoms with Crippen molar-refractivity contribution in [2.45, 2.75) is 58.4 Å². The Hall–Kier alpha value is -1.08. The van der Waals surface area contributed by atoms with Gasteiger partial charge in [-0.3, -0.25) is 0 Å². The van der Waals surface area contributed by atoms with Gasteiger partial charge in [0.2, 0.25) is 0 Å². The molecule has 0 radical (unpaired) electrons. The standard InChI is InChI=1S/C18H27N/c1-14(2)17-8-6-16(7-9-17)13-15(3)5-4-12-19-18-10-11-18/h5-9,14,18-19H,4,10-13H2,1-3H3. The lowest BCUT2D eigenvalue weighted by Gasteiger charge is -2.07. The highest BCUT2D eigenvalue weighted by Gasteiger charge is 2.19. The molecule has 1 fully saturated rings. The van der Waals surface area contributed by atoms with Crippen LogP contribution in [0, 0.1) is 0 Å². The molecule has 1 N–H and O–H groups in total. The van der Waals surface area contributed by atoms with Crippen LogP contribution in [0.1, 0.15) is 57.1 Å². The van der Waals surface area contributed by atoms with Crippen molar-refractivity contribution in [3.8, 4) is 0 Å². The molecule has 104 valence electrons. The highest BCUT2D eigenvalue weighted by molar-refractivity contribution is 5.27. The van der Waals surface area contributed by atoms with Gasteiger partial charge in [-0.15, -0.1) is 0 Å². The average Bonchev–Trinajstić information content (AvgIpc) is 3.19. The summed E-state index contributed by atoms with van der Waals surface area (Å²) in [5.41, 5.74) is 4.34. The van der Waals surface area contributed by atoms with Crippen LogP contribution in [-0.2, 0) is 6.42 Å². The van der Waals surface area contributed by atoms with Gasteiger partial charge < -0.3 is 5.32 Å². The normalized spacial score (nSPS) is 16.1. The molecule has 1 saturated carbocycles. The van der Waals surface area contributed by atoms with Crippen molar-refractivity contribution in [2.24, 2.45) is 0 Å². The van der Waals surface area contributed by atoms with Gasteiger partial charge in [0.1, 0.15) is 0 Å². The molecule has 0 aliphatic heterocycles. The summed E-state index contributed by atoms with van der Waals surface area (Å²) in [7, 11) is 0. The van der Waals surface area contributed by atoms with Crippen LogP contribution in [0.4, 0.5) is 0 Å². The Bertz CT molecular complexity index is 410. The van der Waals surface area contributed by atoms with Crippen LogP contribution in [0.2, 0.25) is 0 Å². The largest absolute Gasteiger partial charge is 0.314 e. The first kappa shape index (κ1) is 14.3. The number of hydrogen-bond donors (Lipinski definition) is 1. The summed E-state index contributed by atoms with van der Waals surface area (Å²) in [6, 6.07) is 9.91. The molecule has 0 spiro atoms. The highest BCUT2D eigenvalue weighted by Crippen LogP contribution is 2.18. The van der Waals surface area contributed by atoms with E-state index in [4.69, 9.17) is 0 Å².